The van der Waals surface area contributed by atoms with E-state index in [1.807, 2.05) is 0 Å². The zero-order valence-corrected chi connectivity index (χ0v) is 12.1. The van der Waals surface area contributed by atoms with Gasteiger partial charge >= 0.3 is 0 Å². The van der Waals surface area contributed by atoms with Crippen molar-refractivity contribution in [3.8, 4) is 0 Å². The number of allylic oxidation sites excluding steroid dienone is 2. The summed E-state index contributed by atoms with van der Waals surface area (Å²) < 4.78 is 0. The van der Waals surface area contributed by atoms with Crippen molar-refractivity contribution in [1.82, 2.24) is 16.2 Å². The molecule has 1 atom stereocenters. The fourth-order valence-electron chi connectivity index (χ4n) is 2.81. The van der Waals surface area contributed by atoms with Crippen molar-refractivity contribution < 1.29 is 0 Å². The molecule has 0 aromatic rings. The summed E-state index contributed by atoms with van der Waals surface area (Å²) in [5.74, 6) is 0.615. The predicted molar refractivity (Wildman–Crippen MR) is 80.0 cm³/mol. The maximum Gasteiger partial charge on any atom is 0.185 e. The van der Waals surface area contributed by atoms with Crippen LogP contribution in [-0.2, 0) is 0 Å². The van der Waals surface area contributed by atoms with Crippen molar-refractivity contribution in [2.45, 2.75) is 64.3 Å². The zero-order valence-electron chi connectivity index (χ0n) is 11.3. The summed E-state index contributed by atoms with van der Waals surface area (Å²) in [5.41, 5.74) is 7.69. The topological polar surface area (TPSA) is 36.1 Å². The molecule has 2 aliphatic rings. The van der Waals surface area contributed by atoms with Gasteiger partial charge in [0, 0.05) is 11.7 Å². The summed E-state index contributed by atoms with van der Waals surface area (Å²) >= 11 is 5.33. The highest BCUT2D eigenvalue weighted by atomic mass is 32.1. The lowest BCUT2D eigenvalue weighted by molar-refractivity contribution is 0.409. The minimum absolute atomic E-state index is 0.568. The van der Waals surface area contributed by atoms with Gasteiger partial charge in [-0.3, -0.25) is 5.43 Å². The molecule has 0 bridgehead atoms. The van der Waals surface area contributed by atoms with Crippen LogP contribution in [0, 0.1) is 5.92 Å². The lowest BCUT2D eigenvalue weighted by Crippen LogP contribution is -2.48. The van der Waals surface area contributed by atoms with E-state index in [9.17, 15) is 0 Å². The molecule has 2 aliphatic carbocycles. The Balaban J connectivity index is 1.69. The van der Waals surface area contributed by atoms with E-state index in [-0.39, 0.29) is 0 Å². The first-order valence-electron chi connectivity index (χ1n) is 7.28. The highest BCUT2D eigenvalue weighted by molar-refractivity contribution is 7.80. The maximum absolute atomic E-state index is 5.33. The highest BCUT2D eigenvalue weighted by Crippen LogP contribution is 2.21. The second-order valence-corrected chi connectivity index (χ2v) is 5.96. The Hall–Kier alpha value is -0.770. The van der Waals surface area contributed by atoms with E-state index >= 15 is 0 Å². The van der Waals surface area contributed by atoms with Crippen molar-refractivity contribution in [3.63, 3.8) is 0 Å². The summed E-state index contributed by atoms with van der Waals surface area (Å²) in [6.45, 7) is 2.26. The number of nitrogens with one attached hydrogen (secondary N) is 3. The molecule has 3 N–H and O–H groups in total. The smallest absolute Gasteiger partial charge is 0.185 e. The molecule has 4 heteroatoms. The van der Waals surface area contributed by atoms with Crippen molar-refractivity contribution >= 4 is 17.3 Å². The Morgan fingerprint density at radius 3 is 2.67 bits per heavy atom. The molecular formula is C14H25N3S. The molecule has 1 saturated carbocycles. The molecule has 0 spiro atoms. The largest absolute Gasteiger partial charge is 0.359 e. The van der Waals surface area contributed by atoms with Crippen LogP contribution < -0.4 is 16.2 Å². The van der Waals surface area contributed by atoms with Crippen LogP contribution in [-0.4, -0.2) is 11.2 Å². The number of hydrogen-bond acceptors (Lipinski definition) is 2. The van der Waals surface area contributed by atoms with Gasteiger partial charge in [-0.1, -0.05) is 32.3 Å². The van der Waals surface area contributed by atoms with Crippen LogP contribution >= 0.6 is 12.2 Å². The van der Waals surface area contributed by atoms with Gasteiger partial charge in [-0.15, -0.1) is 0 Å². The van der Waals surface area contributed by atoms with Crippen LogP contribution in [0.25, 0.3) is 0 Å². The fourth-order valence-corrected chi connectivity index (χ4v) is 3.03. The average Bonchev–Trinajstić information content (AvgIpc) is 2.39. The van der Waals surface area contributed by atoms with Crippen molar-refractivity contribution in [1.29, 1.82) is 0 Å². The molecule has 0 heterocycles. The molecule has 0 unspecified atom stereocenters. The van der Waals surface area contributed by atoms with E-state index in [1.54, 1.807) is 0 Å². The van der Waals surface area contributed by atoms with Gasteiger partial charge in [0.1, 0.15) is 0 Å². The number of rotatable bonds is 3. The third-order valence-electron chi connectivity index (χ3n) is 4.00. The molecule has 0 saturated heterocycles. The molecule has 18 heavy (non-hydrogen) atoms. The summed E-state index contributed by atoms with van der Waals surface area (Å²) in [4.78, 5) is 0. The monoisotopic (exact) mass is 267 g/mol. The Morgan fingerprint density at radius 2 is 1.94 bits per heavy atom. The van der Waals surface area contributed by atoms with Crippen LogP contribution in [0.1, 0.15) is 58.3 Å². The molecule has 0 aliphatic heterocycles. The van der Waals surface area contributed by atoms with Crippen molar-refractivity contribution in [3.05, 3.63) is 11.8 Å². The minimum atomic E-state index is 0.568. The van der Waals surface area contributed by atoms with Gasteiger partial charge in [0.05, 0.1) is 0 Å². The number of thiocarbonyl (C=S) groups is 1. The van der Waals surface area contributed by atoms with Gasteiger partial charge in [-0.25, -0.2) is 0 Å². The molecule has 0 amide bonds. The Labute approximate surface area is 116 Å². The van der Waals surface area contributed by atoms with E-state index < -0.39 is 0 Å². The van der Waals surface area contributed by atoms with E-state index in [4.69, 9.17) is 12.2 Å². The van der Waals surface area contributed by atoms with E-state index in [2.05, 4.69) is 29.2 Å². The summed E-state index contributed by atoms with van der Waals surface area (Å²) in [6, 6.07) is 0.568. The maximum atomic E-state index is 5.33. The van der Waals surface area contributed by atoms with Gasteiger partial charge in [-0.2, -0.15) is 0 Å². The van der Waals surface area contributed by atoms with Crippen molar-refractivity contribution in [2.75, 3.05) is 0 Å². The molecule has 102 valence electrons. The van der Waals surface area contributed by atoms with Crippen LogP contribution in [0.15, 0.2) is 11.8 Å². The standard InChI is InChI=1S/C14H25N3S/c1-11-7-5-6-10-13(11)16-17-14(18)15-12-8-3-2-4-9-12/h10-12,16H,2-9H2,1H3,(H2,15,17,18)/t11-/m1/s1. The Morgan fingerprint density at radius 1 is 1.17 bits per heavy atom. The predicted octanol–water partition coefficient (Wildman–Crippen LogP) is 2.99. The molecule has 3 nitrogen and oxygen atoms in total. The highest BCUT2D eigenvalue weighted by Gasteiger charge is 2.15. The van der Waals surface area contributed by atoms with Crippen LogP contribution in [0.3, 0.4) is 0 Å². The molecule has 0 radical (unpaired) electrons. The Bertz CT molecular complexity index is 308. The first-order valence-corrected chi connectivity index (χ1v) is 7.69. The average molecular weight is 267 g/mol. The van der Waals surface area contributed by atoms with Crippen LogP contribution in [0.2, 0.25) is 0 Å². The third kappa shape index (κ3) is 4.16. The normalized spacial score (nSPS) is 25.2. The second kappa shape index (κ2) is 6.98. The lowest BCUT2D eigenvalue weighted by Gasteiger charge is -2.26. The molecule has 2 rings (SSSR count). The second-order valence-electron chi connectivity index (χ2n) is 5.55. The SMILES string of the molecule is C[C@@H]1CCCC=C1NNC(=S)NC1CCCCC1. The van der Waals surface area contributed by atoms with Gasteiger partial charge in [0.25, 0.3) is 0 Å². The van der Waals surface area contributed by atoms with Crippen LogP contribution in [0.5, 0.6) is 0 Å². The van der Waals surface area contributed by atoms with Crippen LogP contribution in [0.4, 0.5) is 0 Å². The first kappa shape index (κ1) is 13.7. The summed E-state index contributed by atoms with van der Waals surface area (Å²) in [6.07, 6.45) is 12.6. The van der Waals surface area contributed by atoms with E-state index in [0.717, 1.165) is 5.11 Å². The fraction of sp³-hybridized carbons (Fsp3) is 0.786. The Kier molecular flexibility index (Phi) is 5.29. The molecule has 0 aromatic heterocycles. The molecule has 1 fully saturated rings. The van der Waals surface area contributed by atoms with Gasteiger partial charge in [-0.05, 0) is 50.2 Å². The minimum Gasteiger partial charge on any atom is -0.359 e. The first-order chi connectivity index (χ1) is 8.75. The van der Waals surface area contributed by atoms with Crippen molar-refractivity contribution in [2.24, 2.45) is 5.92 Å². The molecule has 0 aromatic carbocycles. The van der Waals surface area contributed by atoms with Gasteiger partial charge < -0.3 is 10.7 Å². The number of hydrazine groups is 1. The third-order valence-corrected chi connectivity index (χ3v) is 4.22. The van der Waals surface area contributed by atoms with E-state index in [0.29, 0.717) is 12.0 Å². The molecular weight excluding hydrogens is 242 g/mol. The van der Waals surface area contributed by atoms with E-state index in [1.165, 1.54) is 57.1 Å². The number of hydrogen-bond donors (Lipinski definition) is 3. The zero-order chi connectivity index (χ0) is 12.8. The summed E-state index contributed by atoms with van der Waals surface area (Å²) in [7, 11) is 0. The quantitative estimate of drug-likeness (QED) is 0.543. The van der Waals surface area contributed by atoms with Gasteiger partial charge in [0.15, 0.2) is 5.11 Å². The summed E-state index contributed by atoms with van der Waals surface area (Å²) in [5, 5.41) is 4.14. The lowest BCUT2D eigenvalue weighted by atomic mass is 9.94. The van der Waals surface area contributed by atoms with Gasteiger partial charge in [0.2, 0.25) is 0 Å².